The Kier molecular flexibility index (Phi) is 5.86. The van der Waals surface area contributed by atoms with E-state index in [1.165, 1.54) is 0 Å². The Morgan fingerprint density at radius 2 is 2.00 bits per heavy atom. The Bertz CT molecular complexity index is 878. The van der Waals surface area contributed by atoms with Gasteiger partial charge in [-0.2, -0.15) is 0 Å². The highest BCUT2D eigenvalue weighted by molar-refractivity contribution is 6.30. The number of unbranched alkanes of at least 4 members (excludes halogenated alkanes) is 1. The molecule has 0 radical (unpaired) electrons. The maximum absolute atomic E-state index is 12.3. The molecule has 1 amide bonds. The molecule has 2 aromatic carbocycles. The Balaban J connectivity index is 1.63. The fraction of sp³-hybridized carbons (Fsp3) is 0.211. The van der Waals surface area contributed by atoms with Crippen LogP contribution >= 0.6 is 11.6 Å². The number of carbonyl (C=O) groups is 1. The largest absolute Gasteiger partial charge is 0.494 e. The summed E-state index contributed by atoms with van der Waals surface area (Å²) in [6.45, 7) is 2.77. The van der Waals surface area contributed by atoms with Gasteiger partial charge >= 0.3 is 6.01 Å². The van der Waals surface area contributed by atoms with Gasteiger partial charge in [-0.1, -0.05) is 36.1 Å². The maximum Gasteiger partial charge on any atom is 0.322 e. The number of aromatic nitrogens is 2. The molecular formula is C19H18ClN3O3. The number of rotatable bonds is 7. The lowest BCUT2D eigenvalue weighted by Crippen LogP contribution is -2.12. The van der Waals surface area contributed by atoms with Crippen LogP contribution in [0, 0.1) is 0 Å². The first-order valence-electron chi connectivity index (χ1n) is 8.29. The van der Waals surface area contributed by atoms with E-state index in [9.17, 15) is 4.79 Å². The Morgan fingerprint density at radius 3 is 2.73 bits per heavy atom. The Hall–Kier alpha value is -2.86. The first-order chi connectivity index (χ1) is 12.7. The van der Waals surface area contributed by atoms with Crippen LogP contribution in [0.4, 0.5) is 6.01 Å². The van der Waals surface area contributed by atoms with E-state index < -0.39 is 0 Å². The van der Waals surface area contributed by atoms with E-state index in [0.29, 0.717) is 22.8 Å². The molecule has 0 bridgehead atoms. The topological polar surface area (TPSA) is 77.2 Å². The molecule has 0 aliphatic rings. The molecule has 3 rings (SSSR count). The van der Waals surface area contributed by atoms with Gasteiger partial charge in [-0.25, -0.2) is 0 Å². The molecule has 26 heavy (non-hydrogen) atoms. The van der Waals surface area contributed by atoms with Gasteiger partial charge in [0.15, 0.2) is 0 Å². The van der Waals surface area contributed by atoms with Crippen LogP contribution in [0.3, 0.4) is 0 Å². The fourth-order valence-corrected chi connectivity index (χ4v) is 2.41. The first kappa shape index (κ1) is 17.9. The molecule has 1 heterocycles. The predicted molar refractivity (Wildman–Crippen MR) is 99.5 cm³/mol. The molecule has 7 heteroatoms. The first-order valence-corrected chi connectivity index (χ1v) is 8.67. The number of nitrogens with zero attached hydrogens (tertiary/aromatic N) is 2. The van der Waals surface area contributed by atoms with Crippen molar-refractivity contribution in [3.63, 3.8) is 0 Å². The van der Waals surface area contributed by atoms with E-state index in [4.69, 9.17) is 20.8 Å². The second kappa shape index (κ2) is 8.49. The Labute approximate surface area is 156 Å². The van der Waals surface area contributed by atoms with E-state index in [1.807, 2.05) is 0 Å². The minimum atomic E-state index is -0.341. The number of hydrogen-bond donors (Lipinski definition) is 1. The molecule has 0 aliphatic carbocycles. The predicted octanol–water partition coefficient (Wildman–Crippen LogP) is 4.82. The van der Waals surface area contributed by atoms with Gasteiger partial charge in [0.1, 0.15) is 5.75 Å². The lowest BCUT2D eigenvalue weighted by molar-refractivity contribution is 0.102. The molecule has 6 nitrogen and oxygen atoms in total. The van der Waals surface area contributed by atoms with Gasteiger partial charge in [-0.05, 0) is 48.9 Å². The third-order valence-electron chi connectivity index (χ3n) is 3.60. The summed E-state index contributed by atoms with van der Waals surface area (Å²) in [4.78, 5) is 12.3. The van der Waals surface area contributed by atoms with Crippen LogP contribution in [0.15, 0.2) is 52.9 Å². The molecule has 0 atom stereocenters. The second-order valence-corrected chi connectivity index (χ2v) is 6.04. The highest BCUT2D eigenvalue weighted by Gasteiger charge is 2.13. The summed E-state index contributed by atoms with van der Waals surface area (Å²) >= 11 is 5.95. The van der Waals surface area contributed by atoms with E-state index >= 15 is 0 Å². The summed E-state index contributed by atoms with van der Waals surface area (Å²) in [6, 6.07) is 13.9. The minimum Gasteiger partial charge on any atom is -0.494 e. The highest BCUT2D eigenvalue weighted by Crippen LogP contribution is 2.23. The molecule has 3 aromatic rings. The second-order valence-electron chi connectivity index (χ2n) is 5.60. The molecule has 0 saturated heterocycles. The van der Waals surface area contributed by atoms with Crippen molar-refractivity contribution in [1.29, 1.82) is 0 Å². The Morgan fingerprint density at radius 1 is 1.19 bits per heavy atom. The average molecular weight is 372 g/mol. The van der Waals surface area contributed by atoms with Crippen molar-refractivity contribution in [2.45, 2.75) is 19.8 Å². The van der Waals surface area contributed by atoms with Crippen molar-refractivity contribution in [3.8, 4) is 17.2 Å². The summed E-state index contributed by atoms with van der Waals surface area (Å²) < 4.78 is 11.0. The number of carbonyl (C=O) groups excluding carboxylic acids is 1. The van der Waals surface area contributed by atoms with E-state index in [1.54, 1.807) is 48.5 Å². The quantitative estimate of drug-likeness (QED) is 0.602. The molecule has 1 aromatic heterocycles. The van der Waals surface area contributed by atoms with Gasteiger partial charge in [-0.3, -0.25) is 10.1 Å². The standard InChI is InChI=1S/C19H18ClN3O3/c1-2-3-11-25-16-9-7-13(8-10-16)17(24)21-19-23-22-18(26-19)14-5-4-6-15(20)12-14/h4-10,12H,2-3,11H2,1H3,(H,21,23,24). The number of anilines is 1. The fourth-order valence-electron chi connectivity index (χ4n) is 2.22. The monoisotopic (exact) mass is 371 g/mol. The van der Waals surface area contributed by atoms with Gasteiger partial charge in [0.25, 0.3) is 5.91 Å². The average Bonchev–Trinajstić information content (AvgIpc) is 3.11. The molecule has 0 saturated carbocycles. The number of ether oxygens (including phenoxy) is 1. The summed E-state index contributed by atoms with van der Waals surface area (Å²) in [7, 11) is 0. The van der Waals surface area contributed by atoms with Gasteiger partial charge in [-0.15, -0.1) is 5.10 Å². The maximum atomic E-state index is 12.3. The van der Waals surface area contributed by atoms with Crippen molar-refractivity contribution in [2.75, 3.05) is 11.9 Å². The molecule has 0 spiro atoms. The molecule has 1 N–H and O–H groups in total. The van der Waals surface area contributed by atoms with Crippen LogP contribution in [0.25, 0.3) is 11.5 Å². The summed E-state index contributed by atoms with van der Waals surface area (Å²) in [6.07, 6.45) is 2.07. The normalized spacial score (nSPS) is 10.5. The van der Waals surface area contributed by atoms with Crippen LogP contribution < -0.4 is 10.1 Å². The number of hydrogen-bond acceptors (Lipinski definition) is 5. The molecule has 0 unspecified atom stereocenters. The van der Waals surface area contributed by atoms with Crippen LogP contribution in [0.2, 0.25) is 5.02 Å². The zero-order chi connectivity index (χ0) is 18.4. The van der Waals surface area contributed by atoms with Crippen molar-refractivity contribution in [1.82, 2.24) is 10.2 Å². The number of nitrogens with one attached hydrogen (secondary N) is 1. The lowest BCUT2D eigenvalue weighted by atomic mass is 10.2. The SMILES string of the molecule is CCCCOc1ccc(C(=O)Nc2nnc(-c3cccc(Cl)c3)o2)cc1. The molecule has 134 valence electrons. The van der Waals surface area contributed by atoms with Gasteiger partial charge in [0, 0.05) is 16.1 Å². The lowest BCUT2D eigenvalue weighted by Gasteiger charge is -2.06. The number of halogens is 1. The van der Waals surface area contributed by atoms with Crippen LogP contribution in [0.5, 0.6) is 5.75 Å². The third-order valence-corrected chi connectivity index (χ3v) is 3.84. The summed E-state index contributed by atoms with van der Waals surface area (Å²) in [5, 5.41) is 10.9. The van der Waals surface area contributed by atoms with Crippen molar-refractivity contribution in [2.24, 2.45) is 0 Å². The van der Waals surface area contributed by atoms with E-state index in [-0.39, 0.29) is 17.8 Å². The van der Waals surface area contributed by atoms with E-state index in [2.05, 4.69) is 22.4 Å². The molecular weight excluding hydrogens is 354 g/mol. The smallest absolute Gasteiger partial charge is 0.322 e. The highest BCUT2D eigenvalue weighted by atomic mass is 35.5. The number of benzene rings is 2. The van der Waals surface area contributed by atoms with Gasteiger partial charge in [0.2, 0.25) is 5.89 Å². The van der Waals surface area contributed by atoms with Crippen LogP contribution in [-0.4, -0.2) is 22.7 Å². The van der Waals surface area contributed by atoms with Gasteiger partial charge in [0.05, 0.1) is 6.61 Å². The third kappa shape index (κ3) is 4.61. The van der Waals surface area contributed by atoms with Crippen LogP contribution in [0.1, 0.15) is 30.1 Å². The van der Waals surface area contributed by atoms with Gasteiger partial charge < -0.3 is 9.15 Å². The van der Waals surface area contributed by atoms with E-state index in [0.717, 1.165) is 18.6 Å². The van der Waals surface area contributed by atoms with Crippen LogP contribution in [-0.2, 0) is 0 Å². The zero-order valence-electron chi connectivity index (χ0n) is 14.2. The zero-order valence-corrected chi connectivity index (χ0v) is 15.0. The summed E-state index contributed by atoms with van der Waals surface area (Å²) in [5.41, 5.74) is 1.15. The minimum absolute atomic E-state index is 0.0215. The molecule has 0 aliphatic heterocycles. The summed E-state index contributed by atoms with van der Waals surface area (Å²) in [5.74, 6) is 0.671. The van der Waals surface area contributed by atoms with Crippen molar-refractivity contribution >= 4 is 23.5 Å². The molecule has 0 fully saturated rings. The van der Waals surface area contributed by atoms with Crippen molar-refractivity contribution in [3.05, 3.63) is 59.1 Å². The van der Waals surface area contributed by atoms with Crippen molar-refractivity contribution < 1.29 is 13.9 Å². The number of amides is 1.